The molecule has 0 radical (unpaired) electrons. The van der Waals surface area contributed by atoms with Gasteiger partial charge in [0.1, 0.15) is 5.75 Å². The van der Waals surface area contributed by atoms with Crippen molar-refractivity contribution in [1.82, 2.24) is 9.99 Å². The number of aromatic hydroxyl groups is 1. The second-order valence-corrected chi connectivity index (χ2v) is 7.94. The Bertz CT molecular complexity index is 1340. The molecule has 0 aliphatic rings. The number of hydrazone groups is 1. The zero-order chi connectivity index (χ0) is 22.1. The molecule has 0 aliphatic carbocycles. The van der Waals surface area contributed by atoms with Crippen LogP contribution in [0.1, 0.15) is 27.3 Å². The largest absolute Gasteiger partial charge is 0.507 e. The third-order valence-corrected chi connectivity index (χ3v) is 5.93. The molecule has 0 saturated carbocycles. The van der Waals surface area contributed by atoms with E-state index in [-0.39, 0.29) is 11.3 Å². The topological polar surface area (TPSA) is 66.6 Å². The number of benzene rings is 3. The molecule has 1 heterocycles. The van der Waals surface area contributed by atoms with Crippen molar-refractivity contribution in [1.29, 1.82) is 0 Å². The summed E-state index contributed by atoms with van der Waals surface area (Å²) in [5, 5.41) is 16.9. The number of phenolic OH excluding ortho intramolecular Hbond substituents is 1. The van der Waals surface area contributed by atoms with Gasteiger partial charge in [0.2, 0.25) is 0 Å². The van der Waals surface area contributed by atoms with Crippen LogP contribution in [0.25, 0.3) is 16.5 Å². The fraction of sp³-hybridized carbons (Fsp3) is 0.0833. The van der Waals surface area contributed by atoms with Gasteiger partial charge >= 0.3 is 0 Å². The van der Waals surface area contributed by atoms with Crippen LogP contribution in [-0.2, 0) is 0 Å². The van der Waals surface area contributed by atoms with E-state index in [0.717, 1.165) is 33.4 Å². The van der Waals surface area contributed by atoms with Crippen LogP contribution < -0.4 is 5.43 Å². The number of hydrogen-bond donors (Lipinski definition) is 2. The molecule has 2 N–H and O–H groups in total. The number of nitrogens with one attached hydrogen (secondary N) is 1. The molecule has 31 heavy (non-hydrogen) atoms. The molecule has 3 aromatic carbocycles. The first kappa shape index (κ1) is 21.0. The highest BCUT2D eigenvalue weighted by molar-refractivity contribution is 6.43. The Morgan fingerprint density at radius 1 is 1.03 bits per heavy atom. The molecule has 4 aromatic rings. The molecule has 0 saturated heterocycles. The van der Waals surface area contributed by atoms with E-state index < -0.39 is 5.91 Å². The number of aryl methyl sites for hydroxylation is 1. The van der Waals surface area contributed by atoms with Crippen molar-refractivity contribution in [3.8, 4) is 11.4 Å². The van der Waals surface area contributed by atoms with Crippen LogP contribution in [0.3, 0.4) is 0 Å². The Hall–Kier alpha value is -3.28. The minimum Gasteiger partial charge on any atom is -0.507 e. The van der Waals surface area contributed by atoms with E-state index in [2.05, 4.69) is 10.5 Å². The molecule has 0 bridgehead atoms. The minimum absolute atomic E-state index is 0.0971. The summed E-state index contributed by atoms with van der Waals surface area (Å²) in [6.07, 6.45) is 1.56. The lowest BCUT2D eigenvalue weighted by Crippen LogP contribution is -2.17. The third-order valence-electron chi connectivity index (χ3n) is 5.12. The number of carbonyl (C=O) groups is 1. The molecule has 0 spiro atoms. The van der Waals surface area contributed by atoms with Gasteiger partial charge in [0.25, 0.3) is 5.91 Å². The van der Waals surface area contributed by atoms with Gasteiger partial charge in [-0.15, -0.1) is 0 Å². The molecule has 0 unspecified atom stereocenters. The van der Waals surface area contributed by atoms with Gasteiger partial charge in [-0.05, 0) is 55.0 Å². The number of halogens is 2. The molecule has 156 valence electrons. The maximum atomic E-state index is 12.5. The van der Waals surface area contributed by atoms with Crippen LogP contribution in [-0.4, -0.2) is 21.8 Å². The number of carbonyl (C=O) groups excluding carboxylic acids is 1. The minimum atomic E-state index is -0.494. The summed E-state index contributed by atoms with van der Waals surface area (Å²) < 4.78 is 1.98. The van der Waals surface area contributed by atoms with Crippen molar-refractivity contribution in [2.24, 2.45) is 5.10 Å². The summed E-state index contributed by atoms with van der Waals surface area (Å²) >= 11 is 12.5. The number of amides is 1. The summed E-state index contributed by atoms with van der Waals surface area (Å²) in [5.74, 6) is -0.591. The van der Waals surface area contributed by atoms with Crippen molar-refractivity contribution >= 4 is 46.1 Å². The fourth-order valence-corrected chi connectivity index (χ4v) is 3.97. The standard InChI is InChI=1S/C24H19Cl2N3O2/c1-14-10-18(15(2)29(14)21-9-5-8-20(25)23(21)26)13-27-28-24(31)19-11-16-6-3-4-7-17(16)12-22(19)30/h3-13,30H,1-2H3,(H,28,31)/b27-13-. The molecular formula is C24H19Cl2N3O2. The van der Waals surface area contributed by atoms with Gasteiger partial charge in [0, 0.05) is 17.0 Å². The Labute approximate surface area is 189 Å². The van der Waals surface area contributed by atoms with E-state index in [1.807, 2.05) is 60.9 Å². The quantitative estimate of drug-likeness (QED) is 0.294. The first-order chi connectivity index (χ1) is 14.9. The number of hydrogen-bond acceptors (Lipinski definition) is 3. The average molecular weight is 452 g/mol. The lowest BCUT2D eigenvalue weighted by Gasteiger charge is -2.12. The Morgan fingerprint density at radius 2 is 1.74 bits per heavy atom. The second kappa shape index (κ2) is 8.46. The number of aromatic nitrogens is 1. The second-order valence-electron chi connectivity index (χ2n) is 7.15. The van der Waals surface area contributed by atoms with Crippen LogP contribution in [0.15, 0.2) is 65.8 Å². The highest BCUT2D eigenvalue weighted by Crippen LogP contribution is 2.31. The highest BCUT2D eigenvalue weighted by atomic mass is 35.5. The smallest absolute Gasteiger partial charge is 0.275 e. The normalized spacial score (nSPS) is 11.4. The molecule has 1 aromatic heterocycles. The number of phenols is 1. The predicted octanol–water partition coefficient (Wildman–Crippen LogP) is 6.02. The fourth-order valence-electron chi connectivity index (χ4n) is 3.58. The summed E-state index contributed by atoms with van der Waals surface area (Å²) in [4.78, 5) is 12.5. The zero-order valence-corrected chi connectivity index (χ0v) is 18.4. The highest BCUT2D eigenvalue weighted by Gasteiger charge is 2.15. The van der Waals surface area contributed by atoms with Crippen molar-refractivity contribution in [3.63, 3.8) is 0 Å². The van der Waals surface area contributed by atoms with Crippen LogP contribution in [0.5, 0.6) is 5.75 Å². The van der Waals surface area contributed by atoms with E-state index >= 15 is 0 Å². The number of fused-ring (bicyclic) bond motifs is 1. The molecule has 5 nitrogen and oxygen atoms in total. The predicted molar refractivity (Wildman–Crippen MR) is 126 cm³/mol. The lowest BCUT2D eigenvalue weighted by atomic mass is 10.1. The van der Waals surface area contributed by atoms with Crippen molar-refractivity contribution < 1.29 is 9.90 Å². The van der Waals surface area contributed by atoms with Crippen molar-refractivity contribution in [3.05, 3.63) is 93.2 Å². The van der Waals surface area contributed by atoms with Gasteiger partial charge in [-0.25, -0.2) is 5.43 Å². The SMILES string of the molecule is Cc1cc(/C=N\NC(=O)c2cc3ccccc3cc2O)c(C)n1-c1cccc(Cl)c1Cl. The summed E-state index contributed by atoms with van der Waals surface area (Å²) in [5.41, 5.74) is 6.07. The third kappa shape index (κ3) is 4.02. The Morgan fingerprint density at radius 3 is 2.48 bits per heavy atom. The van der Waals surface area contributed by atoms with Crippen LogP contribution >= 0.6 is 23.2 Å². The van der Waals surface area contributed by atoms with Crippen molar-refractivity contribution in [2.75, 3.05) is 0 Å². The number of nitrogens with zero attached hydrogens (tertiary/aromatic N) is 2. The Kier molecular flexibility index (Phi) is 5.72. The van der Waals surface area contributed by atoms with E-state index in [1.165, 1.54) is 0 Å². The first-order valence-corrected chi connectivity index (χ1v) is 10.3. The van der Waals surface area contributed by atoms with E-state index in [4.69, 9.17) is 23.2 Å². The summed E-state index contributed by atoms with van der Waals surface area (Å²) in [6, 6.07) is 18.1. The van der Waals surface area contributed by atoms with Crippen LogP contribution in [0.4, 0.5) is 0 Å². The van der Waals surface area contributed by atoms with Crippen LogP contribution in [0, 0.1) is 13.8 Å². The molecule has 0 atom stereocenters. The van der Waals surface area contributed by atoms with Gasteiger partial charge in [-0.1, -0.05) is 53.5 Å². The lowest BCUT2D eigenvalue weighted by molar-refractivity contribution is 0.0952. The summed E-state index contributed by atoms with van der Waals surface area (Å²) in [7, 11) is 0. The maximum Gasteiger partial charge on any atom is 0.275 e. The van der Waals surface area contributed by atoms with Gasteiger partial charge in [0.05, 0.1) is 27.5 Å². The van der Waals surface area contributed by atoms with Crippen molar-refractivity contribution in [2.45, 2.75) is 13.8 Å². The van der Waals surface area contributed by atoms with Gasteiger partial charge in [-0.3, -0.25) is 4.79 Å². The van der Waals surface area contributed by atoms with E-state index in [1.54, 1.807) is 24.4 Å². The molecule has 0 fully saturated rings. The van der Waals surface area contributed by atoms with Gasteiger partial charge < -0.3 is 9.67 Å². The molecule has 7 heteroatoms. The zero-order valence-electron chi connectivity index (χ0n) is 16.9. The maximum absolute atomic E-state index is 12.5. The van der Waals surface area contributed by atoms with E-state index in [9.17, 15) is 9.90 Å². The number of rotatable bonds is 4. The Balaban J connectivity index is 1.58. The monoisotopic (exact) mass is 451 g/mol. The molecular weight excluding hydrogens is 433 g/mol. The van der Waals surface area contributed by atoms with Gasteiger partial charge in [-0.2, -0.15) is 5.10 Å². The first-order valence-electron chi connectivity index (χ1n) is 9.55. The van der Waals surface area contributed by atoms with Gasteiger partial charge in [0.15, 0.2) is 0 Å². The van der Waals surface area contributed by atoms with Crippen LogP contribution in [0.2, 0.25) is 10.0 Å². The summed E-state index contributed by atoms with van der Waals surface area (Å²) in [6.45, 7) is 3.88. The molecule has 0 aliphatic heterocycles. The molecule has 4 rings (SSSR count). The average Bonchev–Trinajstić information content (AvgIpc) is 3.02. The molecule has 1 amide bonds. The van der Waals surface area contributed by atoms with E-state index in [0.29, 0.717) is 10.0 Å².